The van der Waals surface area contributed by atoms with E-state index in [1.54, 1.807) is 43.1 Å². The lowest BCUT2D eigenvalue weighted by Gasteiger charge is -2.41. The van der Waals surface area contributed by atoms with E-state index in [9.17, 15) is 9.59 Å². The van der Waals surface area contributed by atoms with Crippen LogP contribution in [0.4, 0.5) is 0 Å². The van der Waals surface area contributed by atoms with Gasteiger partial charge in [-0.05, 0) is 32.5 Å². The van der Waals surface area contributed by atoms with Crippen LogP contribution in [0.3, 0.4) is 0 Å². The maximum Gasteiger partial charge on any atom is 0.318 e. The minimum atomic E-state index is -0.884. The zero-order valence-corrected chi connectivity index (χ0v) is 14.4. The van der Waals surface area contributed by atoms with Gasteiger partial charge in [0.25, 0.3) is 0 Å². The molecule has 1 aromatic carbocycles. The fraction of sp³-hybridized carbons (Fsp3) is 0.471. The highest BCUT2D eigenvalue weighted by atomic mass is 32.1. The van der Waals surface area contributed by atoms with E-state index in [0.29, 0.717) is 17.1 Å². The number of nitrogens with one attached hydrogen (secondary N) is 1. The molecule has 0 spiro atoms. The van der Waals surface area contributed by atoms with Gasteiger partial charge in [-0.1, -0.05) is 30.3 Å². The van der Waals surface area contributed by atoms with Gasteiger partial charge in [0.1, 0.15) is 5.92 Å². The maximum atomic E-state index is 12.9. The van der Waals surface area contributed by atoms with Gasteiger partial charge >= 0.3 is 5.97 Å². The largest absolute Gasteiger partial charge is 0.465 e. The van der Waals surface area contributed by atoms with Crippen molar-refractivity contribution in [2.24, 2.45) is 5.92 Å². The molecule has 3 atom stereocenters. The summed E-state index contributed by atoms with van der Waals surface area (Å²) in [5.41, 5.74) is 0.510. The Labute approximate surface area is 142 Å². The van der Waals surface area contributed by atoms with Gasteiger partial charge in [-0.25, -0.2) is 0 Å². The lowest BCUT2D eigenvalue weighted by molar-refractivity contribution is -0.148. The number of ketones is 1. The molecule has 0 radical (unpaired) electrons. The van der Waals surface area contributed by atoms with Crippen molar-refractivity contribution in [1.29, 1.82) is 0 Å². The first-order valence-electron chi connectivity index (χ1n) is 7.75. The summed E-state index contributed by atoms with van der Waals surface area (Å²) in [5, 5.41) is 3.70. The molecule has 23 heavy (non-hydrogen) atoms. The van der Waals surface area contributed by atoms with E-state index in [0.717, 1.165) is 0 Å². The number of hydrogen-bond acceptors (Lipinski definition) is 4. The van der Waals surface area contributed by atoms with Crippen LogP contribution >= 0.6 is 12.2 Å². The van der Waals surface area contributed by atoms with E-state index in [4.69, 9.17) is 17.0 Å². The van der Waals surface area contributed by atoms with E-state index in [-0.39, 0.29) is 24.5 Å². The van der Waals surface area contributed by atoms with Crippen molar-refractivity contribution in [1.82, 2.24) is 10.2 Å². The number of Topliss-reactive ketones (excluding diaryl/α,β-unsaturated/α-hetero) is 1. The third-order valence-corrected chi connectivity index (χ3v) is 4.45. The van der Waals surface area contributed by atoms with Crippen LogP contribution in [-0.2, 0) is 9.53 Å². The second-order valence-corrected chi connectivity index (χ2v) is 6.11. The van der Waals surface area contributed by atoms with Crippen molar-refractivity contribution in [3.05, 3.63) is 35.9 Å². The van der Waals surface area contributed by atoms with E-state index in [1.807, 2.05) is 13.0 Å². The van der Waals surface area contributed by atoms with Crippen molar-refractivity contribution in [3.63, 3.8) is 0 Å². The quantitative estimate of drug-likeness (QED) is 0.385. The highest BCUT2D eigenvalue weighted by Crippen LogP contribution is 2.25. The zero-order chi connectivity index (χ0) is 17.0. The summed E-state index contributed by atoms with van der Waals surface area (Å²) in [5.74, 6) is -1.60. The summed E-state index contributed by atoms with van der Waals surface area (Å²) >= 11 is 5.31. The summed E-state index contributed by atoms with van der Waals surface area (Å²) in [6, 6.07) is 8.64. The predicted molar refractivity (Wildman–Crippen MR) is 92.3 cm³/mol. The van der Waals surface area contributed by atoms with Gasteiger partial charge < -0.3 is 15.0 Å². The second-order valence-electron chi connectivity index (χ2n) is 5.72. The SMILES string of the molecule is CCOC(=O)C(C(=O)c1ccccc1)C1CC(C)NC(=S)N1C. The first-order chi connectivity index (χ1) is 11.0. The molecule has 1 fully saturated rings. The smallest absolute Gasteiger partial charge is 0.318 e. The van der Waals surface area contributed by atoms with Crippen molar-refractivity contribution in [2.75, 3.05) is 13.7 Å². The Morgan fingerprint density at radius 1 is 1.39 bits per heavy atom. The van der Waals surface area contributed by atoms with Crippen molar-refractivity contribution < 1.29 is 14.3 Å². The number of rotatable bonds is 5. The van der Waals surface area contributed by atoms with Gasteiger partial charge in [0.2, 0.25) is 0 Å². The number of benzene rings is 1. The molecule has 0 bridgehead atoms. The fourth-order valence-electron chi connectivity index (χ4n) is 2.86. The van der Waals surface area contributed by atoms with Gasteiger partial charge in [-0.3, -0.25) is 9.59 Å². The number of ether oxygens (including phenoxy) is 1. The van der Waals surface area contributed by atoms with E-state index in [1.165, 1.54) is 0 Å². The number of esters is 1. The lowest BCUT2D eigenvalue weighted by atomic mass is 9.85. The van der Waals surface area contributed by atoms with Crippen molar-refractivity contribution in [3.8, 4) is 0 Å². The molecular weight excluding hydrogens is 312 g/mol. The van der Waals surface area contributed by atoms with Crippen LogP contribution < -0.4 is 5.32 Å². The van der Waals surface area contributed by atoms with Crippen LogP contribution in [0.15, 0.2) is 30.3 Å². The first kappa shape index (κ1) is 17.4. The number of nitrogens with zero attached hydrogens (tertiary/aromatic N) is 1. The Morgan fingerprint density at radius 2 is 2.04 bits per heavy atom. The predicted octanol–water partition coefficient (Wildman–Crippen LogP) is 2.02. The van der Waals surface area contributed by atoms with Gasteiger partial charge in [0.05, 0.1) is 12.6 Å². The Hall–Kier alpha value is -1.95. The van der Waals surface area contributed by atoms with E-state index in [2.05, 4.69) is 5.32 Å². The van der Waals surface area contributed by atoms with Crippen molar-refractivity contribution >= 4 is 29.1 Å². The molecule has 0 amide bonds. The number of carbonyl (C=O) groups is 2. The first-order valence-corrected chi connectivity index (χ1v) is 8.15. The maximum absolute atomic E-state index is 12.9. The molecule has 6 heteroatoms. The Morgan fingerprint density at radius 3 is 2.65 bits per heavy atom. The van der Waals surface area contributed by atoms with Crippen LogP contribution in [0.5, 0.6) is 0 Å². The minimum absolute atomic E-state index is 0.101. The number of carbonyl (C=O) groups excluding carboxylic acids is 2. The minimum Gasteiger partial charge on any atom is -0.465 e. The van der Waals surface area contributed by atoms with Crippen LogP contribution in [0.1, 0.15) is 30.6 Å². The standard InChI is InChI=1S/C17H22N2O3S/c1-4-22-16(21)14(15(20)12-8-6-5-7-9-12)13-10-11(2)18-17(23)19(13)3/h5-9,11,13-14H,4,10H2,1-3H3,(H,18,23). The average molecular weight is 334 g/mol. The molecule has 2 rings (SSSR count). The topological polar surface area (TPSA) is 58.6 Å². The van der Waals surface area contributed by atoms with Crippen LogP contribution in [-0.4, -0.2) is 47.5 Å². The van der Waals surface area contributed by atoms with Gasteiger partial charge in [0, 0.05) is 18.7 Å². The van der Waals surface area contributed by atoms with Gasteiger partial charge in [0.15, 0.2) is 10.9 Å². The summed E-state index contributed by atoms with van der Waals surface area (Å²) in [6.07, 6.45) is 0.638. The molecule has 1 heterocycles. The van der Waals surface area contributed by atoms with E-state index < -0.39 is 11.9 Å². The number of hydrogen-bond donors (Lipinski definition) is 1. The van der Waals surface area contributed by atoms with Crippen LogP contribution in [0.25, 0.3) is 0 Å². The molecule has 1 aromatic rings. The molecule has 1 aliphatic rings. The average Bonchev–Trinajstić information content (AvgIpc) is 2.53. The number of thiocarbonyl (C=S) groups is 1. The lowest BCUT2D eigenvalue weighted by Crippen LogP contribution is -2.59. The van der Waals surface area contributed by atoms with Crippen LogP contribution in [0.2, 0.25) is 0 Å². The third kappa shape index (κ3) is 3.88. The van der Waals surface area contributed by atoms with Gasteiger partial charge in [-0.15, -0.1) is 0 Å². The highest BCUT2D eigenvalue weighted by molar-refractivity contribution is 7.80. The molecule has 1 N–H and O–H groups in total. The van der Waals surface area contributed by atoms with E-state index >= 15 is 0 Å². The summed E-state index contributed by atoms with van der Waals surface area (Å²) in [4.78, 5) is 27.2. The molecular formula is C17H22N2O3S. The normalized spacial score (nSPS) is 22.2. The Balaban J connectivity index is 2.35. The summed E-state index contributed by atoms with van der Waals surface area (Å²) in [7, 11) is 1.80. The second kappa shape index (κ2) is 7.55. The molecule has 0 aliphatic carbocycles. The highest BCUT2D eigenvalue weighted by Gasteiger charge is 2.42. The molecule has 1 saturated heterocycles. The van der Waals surface area contributed by atoms with Crippen LogP contribution in [0, 0.1) is 5.92 Å². The summed E-state index contributed by atoms with van der Waals surface area (Å²) in [6.45, 7) is 3.97. The molecule has 124 valence electrons. The molecule has 0 aromatic heterocycles. The molecule has 5 nitrogen and oxygen atoms in total. The monoisotopic (exact) mass is 334 g/mol. The fourth-order valence-corrected chi connectivity index (χ4v) is 3.19. The zero-order valence-electron chi connectivity index (χ0n) is 13.6. The van der Waals surface area contributed by atoms with Gasteiger partial charge in [-0.2, -0.15) is 0 Å². The molecule has 0 saturated carbocycles. The Bertz CT molecular complexity index is 591. The van der Waals surface area contributed by atoms with Crippen molar-refractivity contribution in [2.45, 2.75) is 32.4 Å². The summed E-state index contributed by atoms with van der Waals surface area (Å²) < 4.78 is 5.17. The Kier molecular flexibility index (Phi) is 5.71. The molecule has 1 aliphatic heterocycles. The molecule has 3 unspecified atom stereocenters. The third-order valence-electron chi connectivity index (χ3n) is 4.05.